The molecule has 0 aliphatic carbocycles. The molecular weight excluding hydrogens is 602 g/mol. The number of fused-ring (bicyclic) bond motifs is 2. The normalized spacial score (nSPS) is 21.2. The molecule has 1 spiro atoms. The van der Waals surface area contributed by atoms with Gasteiger partial charge in [0.05, 0.1) is 16.6 Å². The third kappa shape index (κ3) is 4.83. The molecule has 3 aromatic carbocycles. The predicted octanol–water partition coefficient (Wildman–Crippen LogP) is 5.63. The Morgan fingerprint density at radius 1 is 0.975 bits per heavy atom. The molecule has 3 atom stereocenters. The lowest BCUT2D eigenvalue weighted by Gasteiger charge is -2.36. The Bertz CT molecular complexity index is 1530. The van der Waals surface area contributed by atoms with Crippen LogP contribution in [0.4, 0.5) is 16.2 Å². The molecule has 4 N–H and O–H groups in total. The summed E-state index contributed by atoms with van der Waals surface area (Å²) < 4.78 is 0. The highest BCUT2D eigenvalue weighted by molar-refractivity contribution is 6.38. The van der Waals surface area contributed by atoms with Crippen LogP contribution in [0.2, 0.25) is 20.1 Å². The molecular formula is C27H20Cl4N4O5. The van der Waals surface area contributed by atoms with Gasteiger partial charge in [0, 0.05) is 39.4 Å². The van der Waals surface area contributed by atoms with Gasteiger partial charge in [-0.3, -0.25) is 14.4 Å². The van der Waals surface area contributed by atoms with E-state index in [1.54, 1.807) is 24.3 Å². The summed E-state index contributed by atoms with van der Waals surface area (Å²) in [6.45, 7) is -0.318. The monoisotopic (exact) mass is 620 g/mol. The van der Waals surface area contributed by atoms with Crippen LogP contribution in [-0.2, 0) is 26.5 Å². The lowest BCUT2D eigenvalue weighted by Crippen LogP contribution is -2.57. The first-order chi connectivity index (χ1) is 19.0. The van der Waals surface area contributed by atoms with E-state index in [0.717, 1.165) is 10.5 Å². The summed E-state index contributed by atoms with van der Waals surface area (Å²) in [4.78, 5) is 55.0. The molecule has 0 bridgehead atoms. The molecule has 3 aromatic rings. The second kappa shape index (κ2) is 10.8. The van der Waals surface area contributed by atoms with Crippen LogP contribution in [0.15, 0.2) is 60.7 Å². The lowest BCUT2D eigenvalue weighted by atomic mass is 9.75. The van der Waals surface area contributed by atoms with Crippen molar-refractivity contribution in [1.29, 1.82) is 0 Å². The van der Waals surface area contributed by atoms with Crippen molar-refractivity contribution >= 4 is 81.6 Å². The average Bonchev–Trinajstić information content (AvgIpc) is 3.39. The molecule has 0 aromatic heterocycles. The van der Waals surface area contributed by atoms with Gasteiger partial charge < -0.3 is 26.0 Å². The van der Waals surface area contributed by atoms with Crippen LogP contribution in [0.25, 0.3) is 0 Å². The smallest absolute Gasteiger partial charge is 0.318 e. The van der Waals surface area contributed by atoms with Gasteiger partial charge in [0.15, 0.2) is 5.54 Å². The molecule has 3 unspecified atom stereocenters. The standard InChI is InChI=1S/C27H20Cl4N4O5/c28-14-6-15(29)8-17(7-14)33-23(36)18-12-35(26(40)32-11-13-4-2-1-3-5-13)27(21(18)24(37)38)19-9-16(30)10-20(31)22(19)34-25(27)39/h1-10,18,21H,11-12H2,(H,32,40)(H,33,36)(H,34,39)(H,37,38). The van der Waals surface area contributed by atoms with Crippen molar-refractivity contribution in [2.45, 2.75) is 12.1 Å². The molecule has 2 aliphatic heterocycles. The van der Waals surface area contributed by atoms with E-state index in [0.29, 0.717) is 0 Å². The number of likely N-dealkylation sites (tertiary alicyclic amines) is 1. The van der Waals surface area contributed by atoms with Crippen molar-refractivity contribution in [3.05, 3.63) is 91.9 Å². The van der Waals surface area contributed by atoms with Gasteiger partial charge in [-0.05, 0) is 35.9 Å². The van der Waals surface area contributed by atoms with Gasteiger partial charge in [0.25, 0.3) is 5.91 Å². The molecule has 0 radical (unpaired) electrons. The maximum Gasteiger partial charge on any atom is 0.318 e. The molecule has 40 heavy (non-hydrogen) atoms. The number of hydrogen-bond acceptors (Lipinski definition) is 4. The summed E-state index contributed by atoms with van der Waals surface area (Å²) in [5.74, 6) is -6.12. The Hall–Kier alpha value is -3.50. The van der Waals surface area contributed by atoms with Crippen LogP contribution in [0.3, 0.4) is 0 Å². The number of aliphatic carboxylic acids is 1. The number of hydrogen-bond donors (Lipinski definition) is 4. The van der Waals surface area contributed by atoms with Crippen LogP contribution < -0.4 is 16.0 Å². The summed E-state index contributed by atoms with van der Waals surface area (Å²) in [6, 6.07) is 15.4. The van der Waals surface area contributed by atoms with Crippen molar-refractivity contribution in [1.82, 2.24) is 10.2 Å². The van der Waals surface area contributed by atoms with Gasteiger partial charge >= 0.3 is 12.0 Å². The van der Waals surface area contributed by atoms with Gasteiger partial charge in [-0.1, -0.05) is 76.7 Å². The number of amides is 4. The fourth-order valence-corrected chi connectivity index (χ4v) is 6.44. The Morgan fingerprint density at radius 2 is 1.62 bits per heavy atom. The Labute approximate surface area is 248 Å². The summed E-state index contributed by atoms with van der Waals surface area (Å²) in [6.07, 6.45) is 0. The molecule has 1 saturated heterocycles. The number of anilines is 2. The van der Waals surface area contributed by atoms with Crippen LogP contribution in [-0.4, -0.2) is 40.4 Å². The second-order valence-corrected chi connectivity index (χ2v) is 11.1. The number of benzene rings is 3. The molecule has 9 nitrogen and oxygen atoms in total. The molecule has 4 amide bonds. The third-order valence-corrected chi connectivity index (χ3v) is 7.93. The van der Waals surface area contributed by atoms with E-state index < -0.39 is 47.7 Å². The maximum absolute atomic E-state index is 13.8. The second-order valence-electron chi connectivity index (χ2n) is 9.36. The topological polar surface area (TPSA) is 128 Å². The molecule has 2 heterocycles. The van der Waals surface area contributed by atoms with Crippen molar-refractivity contribution in [2.24, 2.45) is 11.8 Å². The minimum atomic E-state index is -2.13. The zero-order chi connectivity index (χ0) is 28.8. The van der Waals surface area contributed by atoms with Crippen molar-refractivity contribution in [2.75, 3.05) is 17.2 Å². The van der Waals surface area contributed by atoms with Gasteiger partial charge in [0.2, 0.25) is 5.91 Å². The van der Waals surface area contributed by atoms with Gasteiger partial charge in [-0.15, -0.1) is 0 Å². The summed E-state index contributed by atoms with van der Waals surface area (Å²) >= 11 is 24.8. The third-order valence-electron chi connectivity index (χ3n) is 6.97. The average molecular weight is 622 g/mol. The van der Waals surface area contributed by atoms with E-state index >= 15 is 0 Å². The summed E-state index contributed by atoms with van der Waals surface area (Å²) in [5.41, 5.74) is -0.947. The van der Waals surface area contributed by atoms with Crippen LogP contribution in [0, 0.1) is 11.8 Å². The van der Waals surface area contributed by atoms with Crippen LogP contribution in [0.5, 0.6) is 0 Å². The number of halogens is 4. The number of rotatable bonds is 5. The molecule has 206 valence electrons. The van der Waals surface area contributed by atoms with Gasteiger partial charge in [0.1, 0.15) is 5.92 Å². The first-order valence-electron chi connectivity index (χ1n) is 11.9. The Kier molecular flexibility index (Phi) is 7.58. The summed E-state index contributed by atoms with van der Waals surface area (Å²) in [5, 5.41) is 19.1. The van der Waals surface area contributed by atoms with Crippen molar-refractivity contribution < 1.29 is 24.3 Å². The molecule has 0 saturated carbocycles. The van der Waals surface area contributed by atoms with E-state index in [9.17, 15) is 24.3 Å². The fourth-order valence-electron chi connectivity index (χ4n) is 5.37. The number of carbonyl (C=O) groups is 4. The predicted molar refractivity (Wildman–Crippen MR) is 152 cm³/mol. The Morgan fingerprint density at radius 3 is 2.27 bits per heavy atom. The maximum atomic E-state index is 13.8. The number of nitrogens with zero attached hydrogens (tertiary/aromatic N) is 1. The number of nitrogens with one attached hydrogen (secondary N) is 3. The molecule has 2 aliphatic rings. The molecule has 13 heteroatoms. The minimum absolute atomic E-state index is 0.0583. The highest BCUT2D eigenvalue weighted by Crippen LogP contribution is 2.55. The lowest BCUT2D eigenvalue weighted by molar-refractivity contribution is -0.151. The van der Waals surface area contributed by atoms with E-state index in [2.05, 4.69) is 16.0 Å². The summed E-state index contributed by atoms with van der Waals surface area (Å²) in [7, 11) is 0. The number of carboxylic acids is 1. The first kappa shape index (κ1) is 28.0. The number of urea groups is 1. The van der Waals surface area contributed by atoms with E-state index in [1.807, 2.05) is 6.07 Å². The van der Waals surface area contributed by atoms with E-state index in [1.165, 1.54) is 30.3 Å². The zero-order valence-corrected chi connectivity index (χ0v) is 23.4. The SMILES string of the molecule is O=C(Nc1cc(Cl)cc(Cl)c1)C1CN(C(=O)NCc2ccccc2)C2(C(=O)Nc3c(Cl)cc(Cl)cc32)C1C(=O)O. The highest BCUT2D eigenvalue weighted by Gasteiger charge is 2.69. The number of carboxylic acid groups (broad SMARTS) is 1. The molecule has 1 fully saturated rings. The van der Waals surface area contributed by atoms with Crippen molar-refractivity contribution in [3.63, 3.8) is 0 Å². The largest absolute Gasteiger partial charge is 0.481 e. The highest BCUT2D eigenvalue weighted by atomic mass is 35.5. The van der Waals surface area contributed by atoms with E-state index in [4.69, 9.17) is 46.4 Å². The van der Waals surface area contributed by atoms with Gasteiger partial charge in [-0.2, -0.15) is 0 Å². The van der Waals surface area contributed by atoms with Crippen LogP contribution >= 0.6 is 46.4 Å². The Balaban J connectivity index is 1.60. The van der Waals surface area contributed by atoms with E-state index in [-0.39, 0.29) is 43.6 Å². The number of carbonyl (C=O) groups excluding carboxylic acids is 3. The molecule has 5 rings (SSSR count). The van der Waals surface area contributed by atoms with Gasteiger partial charge in [-0.25, -0.2) is 4.79 Å². The van der Waals surface area contributed by atoms with Crippen LogP contribution in [0.1, 0.15) is 11.1 Å². The fraction of sp³-hybridized carbons (Fsp3) is 0.185. The zero-order valence-electron chi connectivity index (χ0n) is 20.4. The quantitative estimate of drug-likeness (QED) is 0.294. The minimum Gasteiger partial charge on any atom is -0.481 e. The first-order valence-corrected chi connectivity index (χ1v) is 13.4. The van der Waals surface area contributed by atoms with Crippen molar-refractivity contribution in [3.8, 4) is 0 Å².